The summed E-state index contributed by atoms with van der Waals surface area (Å²) in [5, 5.41) is 0. The van der Waals surface area contributed by atoms with Crippen LogP contribution in [-0.4, -0.2) is 84.1 Å². The molecular weight excluding hydrogens is 544 g/mol. The Morgan fingerprint density at radius 3 is 0.391 bits per heavy atom. The molecule has 0 radical (unpaired) electrons. The smallest absolute Gasteiger partial charge is 0.894 e. The first-order valence-corrected chi connectivity index (χ1v) is 10.4. The Balaban J connectivity index is -0.0000000284. The monoisotopic (exact) mass is 552 g/mol. The third-order valence-electron chi connectivity index (χ3n) is 0. The Kier molecular flexibility index (Phi) is 35.6. The van der Waals surface area contributed by atoms with E-state index in [1.54, 1.807) is 0 Å². The van der Waals surface area contributed by atoms with Gasteiger partial charge in [-0.05, 0) is 0 Å². The zero-order chi connectivity index (χ0) is 18.0. The van der Waals surface area contributed by atoms with Gasteiger partial charge < -0.3 is 85.8 Å². The Morgan fingerprint density at radius 1 is 0.391 bits per heavy atom. The van der Waals surface area contributed by atoms with E-state index in [1.165, 1.54) is 0 Å². The summed E-state index contributed by atoms with van der Waals surface area (Å²) in [7, 11) is -19.9. The summed E-state index contributed by atoms with van der Waals surface area (Å²) in [6.45, 7) is 0. The normalized spacial score (nSPS) is 10.4. The molecule has 23 heavy (non-hydrogen) atoms. The van der Waals surface area contributed by atoms with Crippen molar-refractivity contribution in [3.05, 3.63) is 0 Å². The molecule has 0 rings (SSSR count). The fourth-order valence-corrected chi connectivity index (χ4v) is 0. The molecule has 0 saturated heterocycles. The second kappa shape index (κ2) is 18.5. The first kappa shape index (κ1) is 44.3. The maximum atomic E-state index is 8.80. The number of hydrogen-bond donors (Lipinski definition) is 10. The van der Waals surface area contributed by atoms with Crippen molar-refractivity contribution < 1.29 is 126 Å². The van der Waals surface area contributed by atoms with Crippen molar-refractivity contribution in [3.63, 3.8) is 0 Å². The van der Waals surface area contributed by atoms with Gasteiger partial charge in [0.1, 0.15) is 9.05 Å². The third kappa shape index (κ3) is 3830. The summed E-state index contributed by atoms with van der Waals surface area (Å²) in [6.07, 6.45) is 0. The first-order valence-electron chi connectivity index (χ1n) is 3.46. The topological polar surface area (TPSA) is 341 Å². The summed E-state index contributed by atoms with van der Waals surface area (Å²) < 4.78 is 0. The molecule has 0 fully saturated rings. The van der Waals surface area contributed by atoms with Crippen molar-refractivity contribution in [1.82, 2.24) is 0 Å². The summed E-state index contributed by atoms with van der Waals surface area (Å²) >= 11 is 0. The molecule has 23 heteroatoms. The van der Waals surface area contributed by atoms with Crippen LogP contribution in [0.4, 0.5) is 0 Å². The fraction of sp³-hybridized carbons (Fsp3) is 0. The summed E-state index contributed by atoms with van der Waals surface area (Å²) in [6, 6.07) is 0. The molecule has 0 heterocycles. The Hall–Kier alpha value is 1.71. The van der Waals surface area contributed by atoms with E-state index in [0.29, 0.717) is 0 Å². The van der Waals surface area contributed by atoms with Crippen molar-refractivity contribution in [2.45, 2.75) is 0 Å². The second-order valence-electron chi connectivity index (χ2n) is 2.25. The molecular formula is H10Ni3O16Si4. The van der Waals surface area contributed by atoms with Gasteiger partial charge in [0.2, 0.25) is 0 Å². The molecule has 152 valence electrons. The van der Waals surface area contributed by atoms with Crippen LogP contribution in [0.15, 0.2) is 0 Å². The van der Waals surface area contributed by atoms with Crippen molar-refractivity contribution in [3.8, 4) is 0 Å². The van der Waals surface area contributed by atoms with Gasteiger partial charge in [-0.15, -0.1) is 0 Å². The van der Waals surface area contributed by atoms with Crippen LogP contribution in [0, 0.1) is 0 Å². The van der Waals surface area contributed by atoms with Crippen molar-refractivity contribution in [1.29, 1.82) is 0 Å². The van der Waals surface area contributed by atoms with Gasteiger partial charge in [-0.2, -0.15) is 0 Å². The molecule has 0 aromatic rings. The zero-order valence-electron chi connectivity index (χ0n) is 9.87. The third-order valence-corrected chi connectivity index (χ3v) is 0. The molecule has 10 N–H and O–H groups in total. The van der Waals surface area contributed by atoms with Gasteiger partial charge in [-0.3, -0.25) is 0 Å². The van der Waals surface area contributed by atoms with Crippen LogP contribution in [-0.2, 0) is 49.5 Å². The summed E-state index contributed by atoms with van der Waals surface area (Å²) in [5.41, 5.74) is 0. The van der Waals surface area contributed by atoms with E-state index < -0.39 is 36.2 Å². The molecule has 0 bridgehead atoms. The second-order valence-corrected chi connectivity index (χ2v) is 6.75. The molecule has 0 aliphatic heterocycles. The van der Waals surface area contributed by atoms with E-state index in [2.05, 4.69) is 0 Å². The molecule has 0 unspecified atom stereocenters. The summed E-state index contributed by atoms with van der Waals surface area (Å²) in [4.78, 5) is 125. The standard InChI is InChI=1S/3Ni.2H4O4Si.H2O4Si.O4Si/c;;;4*1-5(2,3)4/h;;;2*1-4H;1-2H;/q3*+2;;;-2;-4. The van der Waals surface area contributed by atoms with Gasteiger partial charge in [0, 0.05) is 0 Å². The zero-order valence-corrected chi connectivity index (χ0v) is 16.8. The van der Waals surface area contributed by atoms with Crippen molar-refractivity contribution in [2.24, 2.45) is 0 Å². The minimum Gasteiger partial charge on any atom is -0.894 e. The molecule has 0 aromatic heterocycles. The van der Waals surface area contributed by atoms with Crippen LogP contribution in [0.3, 0.4) is 0 Å². The molecule has 0 aromatic carbocycles. The SMILES string of the molecule is O[Si](O)(O)O.O[Si](O)(O)O.[Ni+2].[Ni+2].[Ni+2].[O-][Si]([O-])(O)O.[O-][Si]([O-])([O-])[O-]. The average Bonchev–Trinajstić information content (AvgIpc) is 1.62. The molecule has 0 atom stereocenters. The van der Waals surface area contributed by atoms with E-state index in [-0.39, 0.29) is 49.5 Å². The van der Waals surface area contributed by atoms with Gasteiger partial charge in [-0.1, -0.05) is 0 Å². The van der Waals surface area contributed by atoms with E-state index in [4.69, 9.17) is 76.7 Å². The minimum absolute atomic E-state index is 0. The van der Waals surface area contributed by atoms with Crippen molar-refractivity contribution >= 4 is 36.2 Å². The Morgan fingerprint density at radius 2 is 0.391 bits per heavy atom. The molecule has 0 aliphatic rings. The molecule has 16 nitrogen and oxygen atoms in total. The molecule has 0 saturated carbocycles. The predicted molar refractivity (Wildman–Crippen MR) is 45.2 cm³/mol. The van der Waals surface area contributed by atoms with Gasteiger partial charge in [0.05, 0.1) is 0 Å². The van der Waals surface area contributed by atoms with E-state index in [0.717, 1.165) is 0 Å². The van der Waals surface area contributed by atoms with E-state index in [9.17, 15) is 0 Å². The van der Waals surface area contributed by atoms with Crippen LogP contribution in [0.2, 0.25) is 0 Å². The van der Waals surface area contributed by atoms with E-state index in [1.807, 2.05) is 0 Å². The van der Waals surface area contributed by atoms with Gasteiger partial charge in [0.15, 0.2) is 0 Å². The van der Waals surface area contributed by atoms with Crippen molar-refractivity contribution in [2.75, 3.05) is 0 Å². The minimum atomic E-state index is -5.61. The van der Waals surface area contributed by atoms with Crippen LogP contribution in [0.5, 0.6) is 0 Å². The Bertz CT molecular complexity index is 137. The van der Waals surface area contributed by atoms with E-state index >= 15 is 0 Å². The van der Waals surface area contributed by atoms with Gasteiger partial charge >= 0.3 is 67.6 Å². The first-order chi connectivity index (χ1) is 8.00. The van der Waals surface area contributed by atoms with Crippen LogP contribution in [0.25, 0.3) is 0 Å². The largest absolute Gasteiger partial charge is 2.00 e. The molecule has 0 amide bonds. The van der Waals surface area contributed by atoms with Gasteiger partial charge in [-0.25, -0.2) is 0 Å². The van der Waals surface area contributed by atoms with Crippen LogP contribution in [0.1, 0.15) is 0 Å². The quantitative estimate of drug-likeness (QED) is 0.124. The van der Waals surface area contributed by atoms with Crippen LogP contribution >= 0.6 is 0 Å². The Labute approximate surface area is 162 Å². The van der Waals surface area contributed by atoms with Crippen LogP contribution < -0.4 is 28.8 Å². The molecule has 0 spiro atoms. The average molecular weight is 554 g/mol. The molecule has 0 aliphatic carbocycles. The number of rotatable bonds is 0. The summed E-state index contributed by atoms with van der Waals surface area (Å²) in [5.74, 6) is 0. The maximum Gasteiger partial charge on any atom is 2.00 e. The maximum absolute atomic E-state index is 8.80. The van der Waals surface area contributed by atoms with Gasteiger partial charge in [0.25, 0.3) is 0 Å². The fourth-order valence-electron chi connectivity index (χ4n) is 0. The predicted octanol–water partition coefficient (Wildman–Crippen LogP) is -14.2. The number of hydrogen-bond acceptors (Lipinski definition) is 16.